The summed E-state index contributed by atoms with van der Waals surface area (Å²) in [5, 5.41) is 3.10. The second kappa shape index (κ2) is 8.26. The Bertz CT molecular complexity index is 1190. The van der Waals surface area contributed by atoms with E-state index in [1.54, 1.807) is 38.4 Å². The first-order valence-electron chi connectivity index (χ1n) is 9.39. The molecular weight excluding hydrogens is 400 g/mol. The summed E-state index contributed by atoms with van der Waals surface area (Å²) in [6, 6.07) is 8.11. The minimum Gasteiger partial charge on any atom is -0.327 e. The summed E-state index contributed by atoms with van der Waals surface area (Å²) in [6.07, 6.45) is 8.82. The lowest BCUT2D eigenvalue weighted by Gasteiger charge is -2.19. The number of benzene rings is 1. The molecule has 0 spiro atoms. The first-order chi connectivity index (χ1) is 14.1. The smallest absolute Gasteiger partial charge is 0.241 e. The van der Waals surface area contributed by atoms with Crippen LogP contribution in [-0.4, -0.2) is 33.5 Å². The van der Waals surface area contributed by atoms with E-state index in [-0.39, 0.29) is 4.90 Å². The van der Waals surface area contributed by atoms with Crippen molar-refractivity contribution in [2.75, 3.05) is 5.32 Å². The number of aromatic nitrogens is 4. The molecule has 2 N–H and O–H groups in total. The highest BCUT2D eigenvalue weighted by atomic mass is 32.2. The Morgan fingerprint density at radius 1 is 1.17 bits per heavy atom. The maximum atomic E-state index is 12.5. The van der Waals surface area contributed by atoms with Crippen molar-refractivity contribution < 1.29 is 8.42 Å². The number of aryl methyl sites for hydroxylation is 1. The number of nitrogens with zero attached hydrogens (tertiary/aromatic N) is 4. The molecule has 0 aliphatic rings. The standard InChI is InChI=1S/C21H24N6O2S/c1-6-21(4,5)26-30(28,29)17-10-8-16(9-11-17)24-20-22-13-12-18(25-20)19-14-23-15(3)27(19)7-2/h1,8-14,26H,7H2,2-5H3,(H,22,24,25). The van der Waals surface area contributed by atoms with Gasteiger partial charge in [0.1, 0.15) is 5.82 Å². The van der Waals surface area contributed by atoms with Gasteiger partial charge in [-0.15, -0.1) is 6.42 Å². The van der Waals surface area contributed by atoms with Gasteiger partial charge in [-0.3, -0.25) is 0 Å². The van der Waals surface area contributed by atoms with E-state index in [1.165, 1.54) is 12.1 Å². The lowest BCUT2D eigenvalue weighted by Crippen LogP contribution is -2.41. The summed E-state index contributed by atoms with van der Waals surface area (Å²) in [7, 11) is -3.73. The van der Waals surface area contributed by atoms with Crippen LogP contribution in [0.5, 0.6) is 0 Å². The van der Waals surface area contributed by atoms with E-state index in [2.05, 4.69) is 35.5 Å². The zero-order valence-electron chi connectivity index (χ0n) is 17.3. The fourth-order valence-electron chi connectivity index (χ4n) is 2.90. The van der Waals surface area contributed by atoms with Crippen LogP contribution in [0.15, 0.2) is 47.6 Å². The molecule has 0 aliphatic carbocycles. The zero-order chi connectivity index (χ0) is 21.9. The van der Waals surface area contributed by atoms with Crippen LogP contribution in [0.25, 0.3) is 11.4 Å². The van der Waals surface area contributed by atoms with Crippen LogP contribution < -0.4 is 10.0 Å². The molecule has 2 heterocycles. The van der Waals surface area contributed by atoms with Crippen molar-refractivity contribution >= 4 is 21.7 Å². The Kier molecular flexibility index (Phi) is 5.92. The quantitative estimate of drug-likeness (QED) is 0.565. The molecule has 0 fully saturated rings. The molecule has 2 aromatic heterocycles. The van der Waals surface area contributed by atoms with Gasteiger partial charge in [-0.25, -0.2) is 23.4 Å². The minimum atomic E-state index is -3.73. The molecule has 3 rings (SSSR count). The molecule has 0 bridgehead atoms. The van der Waals surface area contributed by atoms with Crippen LogP contribution in [0.3, 0.4) is 0 Å². The van der Waals surface area contributed by atoms with Crippen molar-refractivity contribution in [3.05, 3.63) is 48.5 Å². The number of imidazole rings is 1. The van der Waals surface area contributed by atoms with Crippen molar-refractivity contribution in [1.82, 2.24) is 24.2 Å². The van der Waals surface area contributed by atoms with Gasteiger partial charge in [0.15, 0.2) is 0 Å². The van der Waals surface area contributed by atoms with Gasteiger partial charge in [-0.2, -0.15) is 4.72 Å². The molecule has 0 unspecified atom stereocenters. The first-order valence-corrected chi connectivity index (χ1v) is 10.9. The molecule has 1 aromatic carbocycles. The zero-order valence-corrected chi connectivity index (χ0v) is 18.2. The number of rotatable bonds is 7. The van der Waals surface area contributed by atoms with Crippen molar-refractivity contribution in [1.29, 1.82) is 0 Å². The SMILES string of the molecule is C#CC(C)(C)NS(=O)(=O)c1ccc(Nc2nccc(-c3cnc(C)n3CC)n2)cc1. The Morgan fingerprint density at radius 2 is 1.87 bits per heavy atom. The summed E-state index contributed by atoms with van der Waals surface area (Å²) in [5.41, 5.74) is 1.33. The maximum absolute atomic E-state index is 12.5. The molecule has 156 valence electrons. The number of anilines is 2. The Morgan fingerprint density at radius 3 is 2.50 bits per heavy atom. The average molecular weight is 425 g/mol. The largest absolute Gasteiger partial charge is 0.327 e. The van der Waals surface area contributed by atoms with Crippen molar-refractivity contribution in [2.45, 2.75) is 44.7 Å². The number of terminal acetylenes is 1. The van der Waals surface area contributed by atoms with Crippen LogP contribution >= 0.6 is 0 Å². The van der Waals surface area contributed by atoms with Gasteiger partial charge < -0.3 is 9.88 Å². The molecular formula is C21H24N6O2S. The van der Waals surface area contributed by atoms with Gasteiger partial charge in [0.25, 0.3) is 0 Å². The van der Waals surface area contributed by atoms with Crippen molar-refractivity contribution in [3.63, 3.8) is 0 Å². The van der Waals surface area contributed by atoms with Crippen LogP contribution in [0.2, 0.25) is 0 Å². The highest BCUT2D eigenvalue weighted by Crippen LogP contribution is 2.22. The van der Waals surface area contributed by atoms with Gasteiger partial charge in [-0.05, 0) is 58.0 Å². The van der Waals surface area contributed by atoms with Crippen LogP contribution in [-0.2, 0) is 16.6 Å². The number of hydrogen-bond donors (Lipinski definition) is 2. The minimum absolute atomic E-state index is 0.119. The topological polar surface area (TPSA) is 102 Å². The van der Waals surface area contributed by atoms with E-state index in [0.717, 1.165) is 23.8 Å². The molecule has 9 heteroatoms. The summed E-state index contributed by atoms with van der Waals surface area (Å²) in [4.78, 5) is 13.3. The third kappa shape index (κ3) is 4.67. The fourth-order valence-corrected chi connectivity index (χ4v) is 4.25. The fraction of sp³-hybridized carbons (Fsp3) is 0.286. The van der Waals surface area contributed by atoms with E-state index < -0.39 is 15.6 Å². The van der Waals surface area contributed by atoms with E-state index in [4.69, 9.17) is 6.42 Å². The van der Waals surface area contributed by atoms with Crippen LogP contribution in [0.4, 0.5) is 11.6 Å². The summed E-state index contributed by atoms with van der Waals surface area (Å²) < 4.78 is 29.5. The third-order valence-electron chi connectivity index (χ3n) is 4.46. The molecule has 8 nitrogen and oxygen atoms in total. The van der Waals surface area contributed by atoms with Crippen LogP contribution in [0.1, 0.15) is 26.6 Å². The Labute approximate surface area is 176 Å². The maximum Gasteiger partial charge on any atom is 0.241 e. The second-order valence-electron chi connectivity index (χ2n) is 7.22. The second-order valence-corrected chi connectivity index (χ2v) is 8.91. The molecule has 0 saturated carbocycles. The Balaban J connectivity index is 1.80. The highest BCUT2D eigenvalue weighted by molar-refractivity contribution is 7.89. The lowest BCUT2D eigenvalue weighted by atomic mass is 10.1. The van der Waals surface area contributed by atoms with Crippen molar-refractivity contribution in [2.24, 2.45) is 0 Å². The number of nitrogens with one attached hydrogen (secondary N) is 2. The average Bonchev–Trinajstić information content (AvgIpc) is 3.08. The van der Waals surface area contributed by atoms with Crippen molar-refractivity contribution in [3.8, 4) is 23.7 Å². The number of sulfonamides is 1. The predicted molar refractivity (Wildman–Crippen MR) is 117 cm³/mol. The van der Waals surface area contributed by atoms with Crippen LogP contribution in [0, 0.1) is 19.3 Å². The van der Waals surface area contributed by atoms with Gasteiger partial charge in [0, 0.05) is 18.4 Å². The molecule has 0 aliphatic heterocycles. The Hall–Kier alpha value is -3.22. The molecule has 3 aromatic rings. The van der Waals surface area contributed by atoms with E-state index in [9.17, 15) is 8.42 Å². The summed E-state index contributed by atoms with van der Waals surface area (Å²) >= 11 is 0. The molecule has 0 amide bonds. The summed E-state index contributed by atoms with van der Waals surface area (Å²) in [6.45, 7) is 8.03. The first kappa shape index (κ1) is 21.5. The van der Waals surface area contributed by atoms with E-state index >= 15 is 0 Å². The monoisotopic (exact) mass is 424 g/mol. The van der Waals surface area contributed by atoms with Gasteiger partial charge in [-0.1, -0.05) is 5.92 Å². The van der Waals surface area contributed by atoms with Gasteiger partial charge >= 0.3 is 0 Å². The van der Waals surface area contributed by atoms with E-state index in [1.807, 2.05) is 19.9 Å². The van der Waals surface area contributed by atoms with E-state index in [0.29, 0.717) is 11.6 Å². The normalized spacial score (nSPS) is 11.8. The molecule has 0 atom stereocenters. The molecule has 0 radical (unpaired) electrons. The molecule has 0 saturated heterocycles. The van der Waals surface area contributed by atoms with Gasteiger partial charge in [0.2, 0.25) is 16.0 Å². The molecule has 30 heavy (non-hydrogen) atoms. The van der Waals surface area contributed by atoms with Gasteiger partial charge in [0.05, 0.1) is 28.0 Å². The summed E-state index contributed by atoms with van der Waals surface area (Å²) in [5.74, 6) is 3.73. The third-order valence-corrected chi connectivity index (χ3v) is 6.13. The predicted octanol–water partition coefficient (Wildman–Crippen LogP) is 3.10. The number of hydrogen-bond acceptors (Lipinski definition) is 6. The lowest BCUT2D eigenvalue weighted by molar-refractivity contribution is 0.539. The highest BCUT2D eigenvalue weighted by Gasteiger charge is 2.24.